The number of non-ortho nitro benzene ring substituents is 2. The maximum absolute atomic E-state index is 14.6. The van der Waals surface area contributed by atoms with Crippen molar-refractivity contribution in [2.75, 3.05) is 13.2 Å². The summed E-state index contributed by atoms with van der Waals surface area (Å²) in [5, 5.41) is 21.9. The molecule has 256 valence electrons. The molecule has 3 rings (SSSR count). The molecule has 11 nitrogen and oxygen atoms in total. The van der Waals surface area contributed by atoms with Gasteiger partial charge in [0, 0.05) is 24.6 Å². The van der Waals surface area contributed by atoms with E-state index < -0.39 is 57.4 Å². The summed E-state index contributed by atoms with van der Waals surface area (Å²) in [5.41, 5.74) is -1.26. The van der Waals surface area contributed by atoms with Crippen molar-refractivity contribution >= 4 is 29.4 Å². The van der Waals surface area contributed by atoms with Crippen LogP contribution in [0.5, 0.6) is 5.75 Å². The average molecular weight is 681 g/mol. The van der Waals surface area contributed by atoms with E-state index in [-0.39, 0.29) is 30.9 Å². The van der Waals surface area contributed by atoms with Crippen molar-refractivity contribution in [3.05, 3.63) is 115 Å². The molecule has 0 saturated carbocycles. The molecule has 3 aromatic carbocycles. The summed E-state index contributed by atoms with van der Waals surface area (Å²) in [6.07, 6.45) is -4.76. The van der Waals surface area contributed by atoms with E-state index in [4.69, 9.17) is 14.2 Å². The quantitative estimate of drug-likeness (QED) is 0.0344. The minimum atomic E-state index is -4.32. The summed E-state index contributed by atoms with van der Waals surface area (Å²) in [6.45, 7) is 0.0578. The molecule has 48 heavy (non-hydrogen) atoms. The van der Waals surface area contributed by atoms with Gasteiger partial charge in [-0.3, -0.25) is 20.2 Å². The minimum Gasteiger partial charge on any atom is -0.463 e. The molecule has 0 radical (unpaired) electrons. The summed E-state index contributed by atoms with van der Waals surface area (Å²) in [5.74, 6) is -1.82. The molecule has 0 bridgehead atoms. The van der Waals surface area contributed by atoms with E-state index in [9.17, 15) is 51.8 Å². The highest BCUT2D eigenvalue weighted by atomic mass is 19.4. The largest absolute Gasteiger partial charge is 0.463 e. The van der Waals surface area contributed by atoms with Gasteiger partial charge in [-0.15, -0.1) is 0 Å². The second-order valence-electron chi connectivity index (χ2n) is 10.3. The van der Waals surface area contributed by atoms with E-state index in [0.717, 1.165) is 36.4 Å². The highest BCUT2D eigenvalue weighted by molar-refractivity contribution is 5.91. The summed E-state index contributed by atoms with van der Waals surface area (Å²) < 4.78 is 81.2. The molecule has 0 aliphatic carbocycles. The fraction of sp³-hybridized carbons (Fsp3) is 0.312. The summed E-state index contributed by atoms with van der Waals surface area (Å²) in [6, 6.07) is 12.3. The topological polar surface area (TPSA) is 148 Å². The number of rotatable bonds is 17. The van der Waals surface area contributed by atoms with E-state index >= 15 is 0 Å². The lowest BCUT2D eigenvalue weighted by atomic mass is 10.1. The molecule has 0 spiro atoms. The van der Waals surface area contributed by atoms with Gasteiger partial charge in [0.15, 0.2) is 0 Å². The first-order chi connectivity index (χ1) is 22.6. The van der Waals surface area contributed by atoms with Crippen molar-refractivity contribution in [1.29, 1.82) is 0 Å². The third-order valence-electron chi connectivity index (χ3n) is 6.60. The Balaban J connectivity index is 1.34. The van der Waals surface area contributed by atoms with Crippen molar-refractivity contribution in [3.63, 3.8) is 0 Å². The highest BCUT2D eigenvalue weighted by Gasteiger charge is 2.34. The third-order valence-corrected chi connectivity index (χ3v) is 6.60. The van der Waals surface area contributed by atoms with Crippen LogP contribution in [0.3, 0.4) is 0 Å². The van der Waals surface area contributed by atoms with Gasteiger partial charge in [0.05, 0.1) is 40.3 Å². The highest BCUT2D eigenvalue weighted by Crippen LogP contribution is 2.32. The van der Waals surface area contributed by atoms with Crippen LogP contribution < -0.4 is 4.74 Å². The number of esters is 2. The fourth-order valence-electron chi connectivity index (χ4n) is 4.12. The van der Waals surface area contributed by atoms with E-state index in [0.29, 0.717) is 36.8 Å². The number of aryl methyl sites for hydroxylation is 1. The van der Waals surface area contributed by atoms with Crippen LogP contribution in [0.25, 0.3) is 6.08 Å². The Morgan fingerprint density at radius 1 is 0.750 bits per heavy atom. The van der Waals surface area contributed by atoms with E-state index in [1.165, 1.54) is 42.5 Å². The molecule has 0 aliphatic rings. The van der Waals surface area contributed by atoms with Crippen LogP contribution >= 0.6 is 0 Å². The number of nitro groups is 2. The van der Waals surface area contributed by atoms with Crippen LogP contribution in [0.1, 0.15) is 59.2 Å². The van der Waals surface area contributed by atoms with E-state index in [1.54, 1.807) is 0 Å². The first-order valence-corrected chi connectivity index (χ1v) is 14.4. The number of hydrogen-bond acceptors (Lipinski definition) is 9. The first-order valence-electron chi connectivity index (χ1n) is 14.4. The zero-order valence-corrected chi connectivity index (χ0v) is 25.1. The third kappa shape index (κ3) is 12.4. The molecular formula is C32H29F5N2O9. The van der Waals surface area contributed by atoms with Gasteiger partial charge in [0.25, 0.3) is 11.4 Å². The lowest BCUT2D eigenvalue weighted by Gasteiger charge is -2.18. The number of carbonyl (C=O) groups is 2. The van der Waals surface area contributed by atoms with Gasteiger partial charge in [0.1, 0.15) is 5.75 Å². The molecular weight excluding hydrogens is 651 g/mol. The first kappa shape index (κ1) is 37.1. The van der Waals surface area contributed by atoms with Crippen LogP contribution in [-0.2, 0) is 26.8 Å². The van der Waals surface area contributed by atoms with Gasteiger partial charge in [-0.05, 0) is 73.6 Å². The zero-order chi connectivity index (χ0) is 35.3. The molecule has 0 fully saturated rings. The molecule has 0 aromatic heterocycles. The smallest absolute Gasteiger partial charge is 0.426 e. The van der Waals surface area contributed by atoms with Crippen LogP contribution in [0, 0.1) is 20.2 Å². The molecule has 0 heterocycles. The van der Waals surface area contributed by atoms with Gasteiger partial charge in [-0.1, -0.05) is 24.3 Å². The van der Waals surface area contributed by atoms with Gasteiger partial charge in [0.2, 0.25) is 0 Å². The summed E-state index contributed by atoms with van der Waals surface area (Å²) >= 11 is 0. The number of alkyl halides is 5. The molecule has 0 aliphatic heterocycles. The lowest BCUT2D eigenvalue weighted by molar-refractivity contribution is -0.394. The Bertz CT molecular complexity index is 1580. The predicted octanol–water partition coefficient (Wildman–Crippen LogP) is 8.10. The number of carbonyl (C=O) groups excluding carboxylic acids is 2. The Hall–Kier alpha value is -5.41. The Morgan fingerprint density at radius 3 is 1.85 bits per heavy atom. The standard InChI is InChI=1S/C32H29F5N2O9/c33-31(34,35)16-15-23-7-12-28(13-8-23)48-32(36,37)25-10-5-22(6-11-25)9-14-29(40)46-17-3-1-2-4-18-47-30(41)24-19-26(38(42)43)21-27(20-24)39(44)45/h5-14,19-21H,1-4,15-18H2/b14-9+. The number of nitrogens with zero attached hydrogens (tertiary/aromatic N) is 2. The maximum atomic E-state index is 14.6. The maximum Gasteiger partial charge on any atom is 0.426 e. The Labute approximate surface area is 270 Å². The Kier molecular flexibility index (Phi) is 13.1. The van der Waals surface area contributed by atoms with Crippen molar-refractivity contribution in [2.45, 2.75) is 50.8 Å². The SMILES string of the molecule is O=C(/C=C/c1ccc(C(F)(F)Oc2ccc(CCC(F)(F)F)cc2)cc1)OCCCCCCOC(=O)c1cc([N+](=O)[O-])cc([N+](=O)[O-])c1. The van der Waals surface area contributed by atoms with Crippen LogP contribution in [0.2, 0.25) is 0 Å². The monoisotopic (exact) mass is 680 g/mol. The fourth-order valence-corrected chi connectivity index (χ4v) is 4.12. The van der Waals surface area contributed by atoms with Crippen molar-refractivity contribution in [1.82, 2.24) is 0 Å². The van der Waals surface area contributed by atoms with Crippen molar-refractivity contribution in [2.24, 2.45) is 0 Å². The van der Waals surface area contributed by atoms with E-state index in [2.05, 4.69) is 0 Å². The zero-order valence-electron chi connectivity index (χ0n) is 25.1. The molecule has 16 heteroatoms. The van der Waals surface area contributed by atoms with Gasteiger partial charge in [-0.25, -0.2) is 9.59 Å². The van der Waals surface area contributed by atoms with Gasteiger partial charge < -0.3 is 14.2 Å². The number of hydrogen-bond donors (Lipinski definition) is 0. The van der Waals surface area contributed by atoms with E-state index in [1.807, 2.05) is 0 Å². The van der Waals surface area contributed by atoms with Crippen LogP contribution in [-0.4, -0.2) is 41.2 Å². The van der Waals surface area contributed by atoms with Crippen molar-refractivity contribution in [3.8, 4) is 5.75 Å². The molecule has 0 amide bonds. The number of unbranched alkanes of at least 4 members (excludes halogenated alkanes) is 3. The molecule has 0 atom stereocenters. The van der Waals surface area contributed by atoms with Gasteiger partial charge >= 0.3 is 24.2 Å². The molecule has 0 saturated heterocycles. The second-order valence-corrected chi connectivity index (χ2v) is 10.3. The number of ether oxygens (including phenoxy) is 3. The molecule has 3 aromatic rings. The van der Waals surface area contributed by atoms with Crippen LogP contribution in [0.15, 0.2) is 72.8 Å². The molecule has 0 unspecified atom stereocenters. The lowest BCUT2D eigenvalue weighted by Crippen LogP contribution is -2.21. The number of halogens is 5. The number of benzene rings is 3. The predicted molar refractivity (Wildman–Crippen MR) is 160 cm³/mol. The van der Waals surface area contributed by atoms with Crippen molar-refractivity contribution < 1.29 is 55.6 Å². The summed E-state index contributed by atoms with van der Waals surface area (Å²) in [7, 11) is 0. The number of nitro benzene ring substituents is 2. The second kappa shape index (κ2) is 16.9. The normalized spacial score (nSPS) is 11.7. The Morgan fingerprint density at radius 2 is 1.31 bits per heavy atom. The minimum absolute atomic E-state index is 0.0316. The average Bonchev–Trinajstić information content (AvgIpc) is 3.04. The van der Waals surface area contributed by atoms with Crippen LogP contribution in [0.4, 0.5) is 33.3 Å². The molecule has 0 N–H and O–H groups in total. The van der Waals surface area contributed by atoms with Gasteiger partial charge in [-0.2, -0.15) is 22.0 Å². The summed E-state index contributed by atoms with van der Waals surface area (Å²) in [4.78, 5) is 44.3.